The van der Waals surface area contributed by atoms with Gasteiger partial charge in [-0.25, -0.2) is 0 Å². The maximum atomic E-state index is 11.0. The topological polar surface area (TPSA) is 35.1 Å². The molecule has 0 aliphatic heterocycles. The molecule has 0 fully saturated rings. The molecule has 0 amide bonds. The van der Waals surface area contributed by atoms with Crippen LogP contribution in [0.2, 0.25) is 0 Å². The minimum Gasteiger partial charge on any atom is -0.379 e. The first-order valence-corrected chi connectivity index (χ1v) is 3.91. The van der Waals surface area contributed by atoms with Crippen molar-refractivity contribution in [2.24, 2.45) is 0 Å². The number of halogens is 2. The third-order valence-electron chi connectivity index (χ3n) is 1.08. The lowest BCUT2D eigenvalue weighted by Gasteiger charge is -1.86. The van der Waals surface area contributed by atoms with E-state index in [4.69, 9.17) is 16.1 Å². The molecule has 10 heavy (non-hydrogen) atoms. The van der Waals surface area contributed by atoms with Crippen LogP contribution in [-0.2, 0) is 6.00 Å². The molecule has 1 aromatic rings. The lowest BCUT2D eigenvalue weighted by molar-refractivity contribution is 0.277. The van der Waals surface area contributed by atoms with Crippen molar-refractivity contribution in [2.45, 2.75) is 12.9 Å². The molecule has 56 valence electrons. The van der Waals surface area contributed by atoms with Crippen LogP contribution in [-0.4, -0.2) is 4.74 Å². The predicted molar refractivity (Wildman–Crippen MR) is 41.3 cm³/mol. The van der Waals surface area contributed by atoms with Gasteiger partial charge in [0.05, 0.1) is 0 Å². The number of hydrogen-bond acceptors (Lipinski definition) is 2. The largest absolute Gasteiger partial charge is 0.379 e. The second-order valence-corrected chi connectivity index (χ2v) is 2.80. The Hall–Kier alpha value is -0.220. The normalized spacial score (nSPS) is 10.3. The van der Waals surface area contributed by atoms with Gasteiger partial charge in [-0.2, -0.15) is 4.74 Å². The van der Waals surface area contributed by atoms with Crippen LogP contribution < -0.4 is 5.56 Å². The summed E-state index contributed by atoms with van der Waals surface area (Å²) in [5.41, 5.74) is -0.229. The smallest absolute Gasteiger partial charge is 0.298 e. The van der Waals surface area contributed by atoms with Crippen LogP contribution in [0.1, 0.15) is 5.76 Å². The predicted octanol–water partition coefficient (Wildman–Crippen LogP) is 1.71. The zero-order valence-corrected chi connectivity index (χ0v) is 7.57. The van der Waals surface area contributed by atoms with E-state index in [0.29, 0.717) is 10.2 Å². The zero-order chi connectivity index (χ0) is 7.72. The van der Waals surface area contributed by atoms with Crippen LogP contribution in [0.3, 0.4) is 0 Å². The molecule has 3 nitrogen and oxygen atoms in total. The summed E-state index contributed by atoms with van der Waals surface area (Å²) < 4.78 is 6.43. The highest BCUT2D eigenvalue weighted by atomic mass is 79.9. The number of nitrogens with zero attached hydrogens (tertiary/aromatic N) is 1. The average molecular weight is 226 g/mol. The van der Waals surface area contributed by atoms with E-state index in [1.165, 1.54) is 0 Å². The van der Waals surface area contributed by atoms with Gasteiger partial charge >= 0.3 is 0 Å². The Morgan fingerprint density at radius 3 is 2.60 bits per heavy atom. The number of rotatable bonds is 1. The summed E-state index contributed by atoms with van der Waals surface area (Å²) in [4.78, 5) is 11.0. The Morgan fingerprint density at radius 1 is 1.80 bits per heavy atom. The van der Waals surface area contributed by atoms with E-state index in [9.17, 15) is 4.79 Å². The van der Waals surface area contributed by atoms with Gasteiger partial charge in [-0.1, -0.05) is 11.6 Å². The molecule has 0 unspecified atom stereocenters. The van der Waals surface area contributed by atoms with Crippen LogP contribution in [0.4, 0.5) is 0 Å². The molecule has 1 aromatic heterocycles. The van der Waals surface area contributed by atoms with E-state index in [0.717, 1.165) is 4.74 Å². The van der Waals surface area contributed by atoms with Crippen molar-refractivity contribution in [3.05, 3.63) is 20.6 Å². The Bertz CT molecular complexity index is 290. The highest BCUT2D eigenvalue weighted by Gasteiger charge is 2.08. The van der Waals surface area contributed by atoms with Gasteiger partial charge in [0, 0.05) is 0 Å². The van der Waals surface area contributed by atoms with Crippen LogP contribution >= 0.6 is 27.5 Å². The molecule has 0 saturated heterocycles. The second-order valence-electron chi connectivity index (χ2n) is 1.76. The monoisotopic (exact) mass is 225 g/mol. The van der Waals surface area contributed by atoms with Crippen molar-refractivity contribution in [3.8, 4) is 0 Å². The molecule has 0 radical (unpaired) electrons. The summed E-state index contributed by atoms with van der Waals surface area (Å²) >= 11 is 8.42. The third kappa shape index (κ3) is 1.13. The minimum atomic E-state index is -0.229. The van der Waals surface area contributed by atoms with Gasteiger partial charge in [0.1, 0.15) is 16.2 Å². The van der Waals surface area contributed by atoms with Crippen molar-refractivity contribution in [3.63, 3.8) is 0 Å². The summed E-state index contributed by atoms with van der Waals surface area (Å²) in [6, 6.07) is 0.0469. The van der Waals surface area contributed by atoms with Crippen molar-refractivity contribution in [1.29, 1.82) is 0 Å². The molecule has 1 rings (SSSR count). The third-order valence-corrected chi connectivity index (χ3v) is 2.19. The number of aromatic nitrogens is 1. The van der Waals surface area contributed by atoms with Gasteiger partial charge in [-0.15, -0.1) is 0 Å². The van der Waals surface area contributed by atoms with Crippen molar-refractivity contribution in [1.82, 2.24) is 4.74 Å². The summed E-state index contributed by atoms with van der Waals surface area (Å²) in [7, 11) is 0. The molecular weight excluding hydrogens is 221 g/mol. The Balaban J connectivity index is 3.31. The van der Waals surface area contributed by atoms with Gasteiger partial charge in [-0.3, -0.25) is 4.79 Å². The summed E-state index contributed by atoms with van der Waals surface area (Å²) in [6.07, 6.45) is 0. The lowest BCUT2D eigenvalue weighted by atomic mass is 10.5. The zero-order valence-electron chi connectivity index (χ0n) is 5.23. The molecule has 0 saturated carbocycles. The fourth-order valence-electron chi connectivity index (χ4n) is 0.586. The van der Waals surface area contributed by atoms with E-state index >= 15 is 0 Å². The van der Waals surface area contributed by atoms with Crippen molar-refractivity contribution >= 4 is 27.5 Å². The standard InChI is InChI=1S/C5H5BrClNO2/c1-3-4(6)5(9)8(2-7)10-3/h2H2,1H3. The van der Waals surface area contributed by atoms with E-state index in [1.54, 1.807) is 6.92 Å². The molecule has 0 aliphatic rings. The summed E-state index contributed by atoms with van der Waals surface area (Å²) in [5.74, 6) is 0.547. The SMILES string of the molecule is Cc1on(CCl)c(=O)c1Br. The van der Waals surface area contributed by atoms with E-state index < -0.39 is 0 Å². The molecular formula is C5H5BrClNO2. The van der Waals surface area contributed by atoms with Crippen LogP contribution in [0.15, 0.2) is 13.8 Å². The number of hydrogen-bond donors (Lipinski definition) is 0. The van der Waals surface area contributed by atoms with E-state index in [-0.39, 0.29) is 11.6 Å². The molecule has 0 bridgehead atoms. The van der Waals surface area contributed by atoms with Crippen molar-refractivity contribution in [2.75, 3.05) is 0 Å². The summed E-state index contributed by atoms with van der Waals surface area (Å²) in [6.45, 7) is 1.69. The maximum absolute atomic E-state index is 11.0. The molecule has 1 heterocycles. The lowest BCUT2D eigenvalue weighted by Crippen LogP contribution is -2.11. The first kappa shape index (κ1) is 7.88. The molecule has 0 aliphatic carbocycles. The number of aryl methyl sites for hydroxylation is 1. The van der Waals surface area contributed by atoms with Crippen LogP contribution in [0.5, 0.6) is 0 Å². The Kier molecular flexibility index (Phi) is 2.21. The Morgan fingerprint density at radius 2 is 2.40 bits per heavy atom. The highest BCUT2D eigenvalue weighted by Crippen LogP contribution is 2.10. The van der Waals surface area contributed by atoms with E-state index in [2.05, 4.69) is 15.9 Å². The average Bonchev–Trinajstić information content (AvgIpc) is 2.17. The highest BCUT2D eigenvalue weighted by molar-refractivity contribution is 9.10. The quantitative estimate of drug-likeness (QED) is 0.683. The van der Waals surface area contributed by atoms with E-state index in [1.807, 2.05) is 0 Å². The fourth-order valence-corrected chi connectivity index (χ4v) is 1.01. The molecule has 0 spiro atoms. The van der Waals surface area contributed by atoms with Gasteiger partial charge in [0.25, 0.3) is 5.56 Å². The van der Waals surface area contributed by atoms with Crippen molar-refractivity contribution < 1.29 is 4.52 Å². The van der Waals surface area contributed by atoms with Gasteiger partial charge < -0.3 is 4.52 Å². The minimum absolute atomic E-state index is 0.0469. The van der Waals surface area contributed by atoms with Gasteiger partial charge in [-0.05, 0) is 22.9 Å². The fraction of sp³-hybridized carbons (Fsp3) is 0.400. The van der Waals surface area contributed by atoms with Gasteiger partial charge in [0.2, 0.25) is 0 Å². The first-order valence-electron chi connectivity index (χ1n) is 2.59. The molecule has 5 heteroatoms. The number of alkyl halides is 1. The molecule has 0 aromatic carbocycles. The van der Waals surface area contributed by atoms with Crippen LogP contribution in [0, 0.1) is 6.92 Å². The van der Waals surface area contributed by atoms with Crippen LogP contribution in [0.25, 0.3) is 0 Å². The molecule has 0 atom stereocenters. The summed E-state index contributed by atoms with van der Waals surface area (Å²) in [5, 5.41) is 0. The second kappa shape index (κ2) is 2.80. The maximum Gasteiger partial charge on any atom is 0.298 e. The molecule has 0 N–H and O–H groups in total. The van der Waals surface area contributed by atoms with Gasteiger partial charge in [0.15, 0.2) is 0 Å². The Labute approximate surface area is 70.7 Å². The first-order chi connectivity index (χ1) is 4.66.